The minimum absolute atomic E-state index is 0.0182. The van der Waals surface area contributed by atoms with E-state index in [4.69, 9.17) is 5.73 Å². The van der Waals surface area contributed by atoms with E-state index in [1.165, 1.54) is 0 Å². The Kier molecular flexibility index (Phi) is 4.05. The van der Waals surface area contributed by atoms with E-state index in [2.05, 4.69) is 15.7 Å². The Balaban J connectivity index is 1.99. The lowest BCUT2D eigenvalue weighted by molar-refractivity contribution is 0.262. The lowest BCUT2D eigenvalue weighted by Crippen LogP contribution is -2.21. The second kappa shape index (κ2) is 5.75. The van der Waals surface area contributed by atoms with E-state index >= 15 is 0 Å². The molecule has 0 saturated carbocycles. The number of hydrogen-bond acceptors (Lipinski definition) is 3. The number of rotatable bonds is 3. The summed E-state index contributed by atoms with van der Waals surface area (Å²) in [5.74, 6) is 0.646. The molecule has 0 aliphatic carbocycles. The van der Waals surface area contributed by atoms with Crippen LogP contribution in [0.1, 0.15) is 24.2 Å². The number of nitrogens with two attached hydrogens (primary N) is 1. The summed E-state index contributed by atoms with van der Waals surface area (Å²) in [5.41, 5.74) is 8.37. The van der Waals surface area contributed by atoms with Gasteiger partial charge in [-0.1, -0.05) is 12.1 Å². The standard InChI is InChI=1S/C14H19N5O/c1-9-8-13(19(3)18-9)17-14(20)16-12-6-4-11(5-7-12)10(2)15/h4-8,10H,15H2,1-3H3,(H2,16,17,20). The highest BCUT2D eigenvalue weighted by Crippen LogP contribution is 2.15. The van der Waals surface area contributed by atoms with Gasteiger partial charge in [0.05, 0.1) is 5.69 Å². The van der Waals surface area contributed by atoms with Crippen molar-refractivity contribution in [3.63, 3.8) is 0 Å². The minimum Gasteiger partial charge on any atom is -0.324 e. The van der Waals surface area contributed by atoms with E-state index in [-0.39, 0.29) is 12.1 Å². The van der Waals surface area contributed by atoms with Crippen LogP contribution in [0, 0.1) is 6.92 Å². The summed E-state index contributed by atoms with van der Waals surface area (Å²) in [7, 11) is 1.78. The van der Waals surface area contributed by atoms with Crippen LogP contribution in [0.5, 0.6) is 0 Å². The van der Waals surface area contributed by atoms with Gasteiger partial charge in [0.15, 0.2) is 0 Å². The maximum atomic E-state index is 11.9. The maximum absolute atomic E-state index is 11.9. The number of nitrogens with zero attached hydrogens (tertiary/aromatic N) is 2. The number of aryl methyl sites for hydroxylation is 2. The molecule has 1 aromatic heterocycles. The van der Waals surface area contributed by atoms with Crippen LogP contribution in [-0.4, -0.2) is 15.8 Å². The summed E-state index contributed by atoms with van der Waals surface area (Å²) < 4.78 is 1.62. The van der Waals surface area contributed by atoms with E-state index in [1.807, 2.05) is 38.1 Å². The third-order valence-corrected chi connectivity index (χ3v) is 2.94. The van der Waals surface area contributed by atoms with Crippen molar-refractivity contribution in [2.45, 2.75) is 19.9 Å². The fraction of sp³-hybridized carbons (Fsp3) is 0.286. The molecule has 4 N–H and O–H groups in total. The van der Waals surface area contributed by atoms with Crippen molar-refractivity contribution in [3.8, 4) is 0 Å². The van der Waals surface area contributed by atoms with Gasteiger partial charge in [-0.15, -0.1) is 0 Å². The van der Waals surface area contributed by atoms with Crippen LogP contribution in [0.25, 0.3) is 0 Å². The fourth-order valence-corrected chi connectivity index (χ4v) is 1.88. The zero-order chi connectivity index (χ0) is 14.7. The molecule has 0 spiro atoms. The van der Waals surface area contributed by atoms with E-state index < -0.39 is 0 Å². The van der Waals surface area contributed by atoms with Crippen LogP contribution >= 0.6 is 0 Å². The third-order valence-electron chi connectivity index (χ3n) is 2.94. The Morgan fingerprint density at radius 3 is 2.45 bits per heavy atom. The molecule has 0 aliphatic heterocycles. The summed E-state index contributed by atoms with van der Waals surface area (Å²) in [5, 5.41) is 9.67. The summed E-state index contributed by atoms with van der Waals surface area (Å²) in [6.45, 7) is 3.79. The summed E-state index contributed by atoms with van der Waals surface area (Å²) >= 11 is 0. The maximum Gasteiger partial charge on any atom is 0.324 e. The number of hydrogen-bond donors (Lipinski definition) is 3. The van der Waals surface area contributed by atoms with Gasteiger partial charge in [0.2, 0.25) is 0 Å². The molecule has 2 amide bonds. The molecule has 6 nitrogen and oxygen atoms in total. The van der Waals surface area contributed by atoms with E-state index in [1.54, 1.807) is 17.8 Å². The lowest BCUT2D eigenvalue weighted by Gasteiger charge is -2.09. The lowest BCUT2D eigenvalue weighted by atomic mass is 10.1. The molecule has 0 fully saturated rings. The summed E-state index contributed by atoms with van der Waals surface area (Å²) in [4.78, 5) is 11.9. The molecule has 1 aromatic carbocycles. The van der Waals surface area contributed by atoms with Crippen LogP contribution in [0.3, 0.4) is 0 Å². The number of carbonyl (C=O) groups excluding carboxylic acids is 1. The molecule has 0 bridgehead atoms. The smallest absolute Gasteiger partial charge is 0.324 e. The highest BCUT2D eigenvalue weighted by molar-refractivity contribution is 5.99. The molecule has 1 heterocycles. The highest BCUT2D eigenvalue weighted by Gasteiger charge is 2.07. The van der Waals surface area contributed by atoms with Crippen molar-refractivity contribution in [2.75, 3.05) is 10.6 Å². The molecule has 20 heavy (non-hydrogen) atoms. The van der Waals surface area contributed by atoms with Crippen LogP contribution in [-0.2, 0) is 7.05 Å². The van der Waals surface area contributed by atoms with Gasteiger partial charge in [-0.2, -0.15) is 5.10 Å². The van der Waals surface area contributed by atoms with Crippen molar-refractivity contribution >= 4 is 17.5 Å². The van der Waals surface area contributed by atoms with Gasteiger partial charge >= 0.3 is 6.03 Å². The quantitative estimate of drug-likeness (QED) is 0.802. The number of carbonyl (C=O) groups is 1. The first-order valence-electron chi connectivity index (χ1n) is 6.40. The largest absolute Gasteiger partial charge is 0.324 e. The van der Waals surface area contributed by atoms with Crippen LogP contribution in [0.2, 0.25) is 0 Å². The molecule has 0 radical (unpaired) electrons. The van der Waals surface area contributed by atoms with Gasteiger partial charge in [0.25, 0.3) is 0 Å². The first-order valence-corrected chi connectivity index (χ1v) is 6.40. The molecule has 1 atom stereocenters. The van der Waals surface area contributed by atoms with Crippen molar-refractivity contribution in [1.29, 1.82) is 0 Å². The average Bonchev–Trinajstić information content (AvgIpc) is 2.68. The summed E-state index contributed by atoms with van der Waals surface area (Å²) in [6, 6.07) is 8.93. The van der Waals surface area contributed by atoms with Crippen molar-refractivity contribution < 1.29 is 4.79 Å². The van der Waals surface area contributed by atoms with Crippen LogP contribution in [0.15, 0.2) is 30.3 Å². The zero-order valence-corrected chi connectivity index (χ0v) is 11.8. The van der Waals surface area contributed by atoms with Gasteiger partial charge in [0.1, 0.15) is 5.82 Å². The Labute approximate surface area is 118 Å². The second-order valence-corrected chi connectivity index (χ2v) is 4.78. The number of amides is 2. The molecule has 0 saturated heterocycles. The molecular formula is C14H19N5O. The number of nitrogens with one attached hydrogen (secondary N) is 2. The normalized spacial score (nSPS) is 12.0. The predicted octanol–water partition coefficient (Wildman–Crippen LogP) is 2.39. The number of aromatic nitrogens is 2. The van der Waals surface area contributed by atoms with E-state index in [0.29, 0.717) is 11.5 Å². The first kappa shape index (κ1) is 14.1. The summed E-state index contributed by atoms with van der Waals surface area (Å²) in [6.07, 6.45) is 0. The van der Waals surface area contributed by atoms with E-state index in [0.717, 1.165) is 11.3 Å². The minimum atomic E-state index is -0.304. The Morgan fingerprint density at radius 2 is 1.95 bits per heavy atom. The van der Waals surface area contributed by atoms with Gasteiger partial charge in [-0.05, 0) is 31.5 Å². The Morgan fingerprint density at radius 1 is 1.30 bits per heavy atom. The molecule has 6 heteroatoms. The third kappa shape index (κ3) is 3.36. The van der Waals surface area contributed by atoms with Crippen molar-refractivity contribution in [2.24, 2.45) is 12.8 Å². The van der Waals surface area contributed by atoms with Gasteiger partial charge in [-0.3, -0.25) is 10.00 Å². The van der Waals surface area contributed by atoms with E-state index in [9.17, 15) is 4.79 Å². The molecule has 2 aromatic rings. The van der Waals surface area contributed by atoms with Crippen molar-refractivity contribution in [1.82, 2.24) is 9.78 Å². The molecule has 1 unspecified atom stereocenters. The van der Waals surface area contributed by atoms with Crippen LogP contribution < -0.4 is 16.4 Å². The van der Waals surface area contributed by atoms with Gasteiger partial charge < -0.3 is 11.1 Å². The molecular weight excluding hydrogens is 254 g/mol. The molecule has 106 valence electrons. The van der Waals surface area contributed by atoms with Gasteiger partial charge in [-0.25, -0.2) is 4.79 Å². The topological polar surface area (TPSA) is 85.0 Å². The number of benzene rings is 1. The SMILES string of the molecule is Cc1cc(NC(=O)Nc2ccc(C(C)N)cc2)n(C)n1. The number of anilines is 2. The Bertz CT molecular complexity index is 601. The first-order chi connectivity index (χ1) is 9.45. The highest BCUT2D eigenvalue weighted by atomic mass is 16.2. The Hall–Kier alpha value is -2.34. The second-order valence-electron chi connectivity index (χ2n) is 4.78. The van der Waals surface area contributed by atoms with Gasteiger partial charge in [0, 0.05) is 24.8 Å². The monoisotopic (exact) mass is 273 g/mol. The van der Waals surface area contributed by atoms with Crippen molar-refractivity contribution in [3.05, 3.63) is 41.6 Å². The number of urea groups is 1. The fourth-order valence-electron chi connectivity index (χ4n) is 1.88. The molecule has 0 aliphatic rings. The zero-order valence-electron chi connectivity index (χ0n) is 11.8. The average molecular weight is 273 g/mol. The molecule has 2 rings (SSSR count). The van der Waals surface area contributed by atoms with Crippen LogP contribution in [0.4, 0.5) is 16.3 Å². The predicted molar refractivity (Wildman–Crippen MR) is 79.6 cm³/mol.